The normalized spacial score (nSPS) is 10.2. The van der Waals surface area contributed by atoms with Crippen molar-refractivity contribution in [3.8, 4) is 0 Å². The van der Waals surface area contributed by atoms with E-state index in [9.17, 15) is 4.57 Å². The van der Waals surface area contributed by atoms with Gasteiger partial charge >= 0.3 is 67.4 Å². The summed E-state index contributed by atoms with van der Waals surface area (Å²) in [5, 5.41) is 0. The largest absolute Gasteiger partial charge is 1.00 e. The van der Waals surface area contributed by atoms with Crippen LogP contribution in [0.2, 0.25) is 0 Å². The van der Waals surface area contributed by atoms with Crippen LogP contribution in [-0.4, -0.2) is 11.5 Å². The van der Waals surface area contributed by atoms with E-state index in [1.165, 1.54) is 38.5 Å². The van der Waals surface area contributed by atoms with Crippen LogP contribution in [0.3, 0.4) is 0 Å². The van der Waals surface area contributed by atoms with Crippen molar-refractivity contribution in [2.75, 3.05) is 6.61 Å². The monoisotopic (exact) mass is 269 g/mol. The van der Waals surface area contributed by atoms with Crippen molar-refractivity contribution in [1.82, 2.24) is 0 Å². The van der Waals surface area contributed by atoms with E-state index in [1.807, 2.05) is 0 Å². The Balaban J connectivity index is -0.000000141. The Kier molecular flexibility index (Phi) is 28.0. The minimum absolute atomic E-state index is 0. The van der Waals surface area contributed by atoms with Crippen LogP contribution in [0.5, 0.6) is 0 Å². The molecule has 6 heteroatoms. The van der Waals surface area contributed by atoms with Crippen LogP contribution in [0.15, 0.2) is 0 Å². The SMILES string of the molecule is CCCCCCCCCCO[P+](=O)O.[H-].[H-].[Na+].[Na+]. The first-order valence-corrected chi connectivity index (χ1v) is 6.69. The van der Waals surface area contributed by atoms with Crippen LogP contribution < -0.4 is 59.1 Å². The van der Waals surface area contributed by atoms with Crippen molar-refractivity contribution >= 4 is 8.25 Å². The molecule has 0 heterocycles. The molecule has 0 aliphatic carbocycles. The van der Waals surface area contributed by atoms with E-state index in [1.54, 1.807) is 0 Å². The zero-order valence-electron chi connectivity index (χ0n) is 13.1. The summed E-state index contributed by atoms with van der Waals surface area (Å²) in [6.07, 6.45) is 9.80. The molecule has 1 N–H and O–H groups in total. The number of unbranched alkanes of at least 4 members (excludes halogenated alkanes) is 7. The fourth-order valence-electron chi connectivity index (χ4n) is 1.38. The van der Waals surface area contributed by atoms with Crippen LogP contribution in [0.1, 0.15) is 61.1 Å². The topological polar surface area (TPSA) is 46.5 Å². The van der Waals surface area contributed by atoms with E-state index in [2.05, 4.69) is 11.4 Å². The summed E-state index contributed by atoms with van der Waals surface area (Å²) in [7, 11) is -2.38. The van der Waals surface area contributed by atoms with Crippen LogP contribution in [0, 0.1) is 0 Å². The third-order valence-electron chi connectivity index (χ3n) is 2.20. The number of hydrogen-bond donors (Lipinski definition) is 1. The first-order chi connectivity index (χ1) is 6.77. The van der Waals surface area contributed by atoms with E-state index in [0.29, 0.717) is 6.61 Å². The average molecular weight is 269 g/mol. The van der Waals surface area contributed by atoms with Gasteiger partial charge in [0.25, 0.3) is 0 Å². The van der Waals surface area contributed by atoms with Gasteiger partial charge in [-0.2, -0.15) is 0 Å². The summed E-state index contributed by atoms with van der Waals surface area (Å²) >= 11 is 0. The minimum Gasteiger partial charge on any atom is -1.00 e. The third-order valence-corrected chi connectivity index (χ3v) is 2.60. The van der Waals surface area contributed by atoms with E-state index in [-0.39, 0.29) is 62.0 Å². The van der Waals surface area contributed by atoms with Gasteiger partial charge in [0.2, 0.25) is 0 Å². The molecule has 0 rings (SSSR count). The second-order valence-electron chi connectivity index (χ2n) is 3.55. The first kappa shape index (κ1) is 23.1. The second kappa shape index (κ2) is 19.4. The van der Waals surface area contributed by atoms with Gasteiger partial charge in [0.15, 0.2) is 0 Å². The molecule has 0 aromatic heterocycles. The van der Waals surface area contributed by atoms with Crippen molar-refractivity contribution in [3.63, 3.8) is 0 Å². The summed E-state index contributed by atoms with van der Waals surface area (Å²) in [5.41, 5.74) is 0. The molecular weight excluding hydrogens is 245 g/mol. The van der Waals surface area contributed by atoms with Crippen molar-refractivity contribution in [1.29, 1.82) is 0 Å². The van der Waals surface area contributed by atoms with E-state index < -0.39 is 8.25 Å². The molecule has 0 aliphatic rings. The molecule has 0 aromatic carbocycles. The Morgan fingerprint density at radius 2 is 1.44 bits per heavy atom. The molecule has 3 nitrogen and oxygen atoms in total. The van der Waals surface area contributed by atoms with Crippen molar-refractivity contribution in [2.24, 2.45) is 0 Å². The van der Waals surface area contributed by atoms with Gasteiger partial charge in [0.05, 0.1) is 0 Å². The Morgan fingerprint density at radius 1 is 1.00 bits per heavy atom. The molecular formula is C10H24Na2O3P+. The summed E-state index contributed by atoms with van der Waals surface area (Å²) in [4.78, 5) is 8.34. The molecule has 0 saturated carbocycles. The predicted molar refractivity (Wildman–Crippen MR) is 60.6 cm³/mol. The maximum absolute atomic E-state index is 10.1. The maximum Gasteiger partial charge on any atom is 1.00 e. The van der Waals surface area contributed by atoms with Gasteiger partial charge in [0, 0.05) is 4.57 Å². The van der Waals surface area contributed by atoms with Gasteiger partial charge in [-0.15, -0.1) is 9.42 Å². The van der Waals surface area contributed by atoms with Crippen LogP contribution in [0.4, 0.5) is 0 Å². The zero-order valence-corrected chi connectivity index (χ0v) is 16.0. The van der Waals surface area contributed by atoms with Crippen molar-refractivity contribution < 1.29 is 76.0 Å². The van der Waals surface area contributed by atoms with Crippen molar-refractivity contribution in [3.05, 3.63) is 0 Å². The van der Waals surface area contributed by atoms with Gasteiger partial charge in [0.1, 0.15) is 6.61 Å². The van der Waals surface area contributed by atoms with Gasteiger partial charge < -0.3 is 2.85 Å². The Morgan fingerprint density at radius 3 is 1.88 bits per heavy atom. The molecule has 1 unspecified atom stereocenters. The fraction of sp³-hybridized carbons (Fsp3) is 1.00. The first-order valence-electron chi connectivity index (χ1n) is 5.56. The zero-order chi connectivity index (χ0) is 10.6. The Labute approximate surface area is 148 Å². The van der Waals surface area contributed by atoms with E-state index in [0.717, 1.165) is 12.8 Å². The number of rotatable bonds is 10. The predicted octanol–water partition coefficient (Wildman–Crippen LogP) is -1.97. The minimum atomic E-state index is -2.38. The van der Waals surface area contributed by atoms with Crippen LogP contribution >= 0.6 is 8.25 Å². The van der Waals surface area contributed by atoms with Crippen LogP contribution in [0.25, 0.3) is 0 Å². The summed E-state index contributed by atoms with van der Waals surface area (Å²) < 4.78 is 14.7. The fourth-order valence-corrected chi connectivity index (χ4v) is 1.66. The molecule has 1 atom stereocenters. The van der Waals surface area contributed by atoms with E-state index in [4.69, 9.17) is 4.89 Å². The van der Waals surface area contributed by atoms with Crippen LogP contribution in [-0.2, 0) is 9.09 Å². The molecule has 16 heavy (non-hydrogen) atoms. The van der Waals surface area contributed by atoms with Gasteiger partial charge in [-0.3, -0.25) is 0 Å². The number of hydrogen-bond acceptors (Lipinski definition) is 2. The third kappa shape index (κ3) is 21.3. The molecule has 0 aromatic rings. The Hall–Kier alpha value is 2.02. The molecule has 0 radical (unpaired) electrons. The maximum atomic E-state index is 10.1. The molecule has 0 aliphatic heterocycles. The summed E-state index contributed by atoms with van der Waals surface area (Å²) in [6.45, 7) is 2.63. The molecule has 0 saturated heterocycles. The van der Waals surface area contributed by atoms with Gasteiger partial charge in [-0.25, -0.2) is 0 Å². The Bertz CT molecular complexity index is 157. The standard InChI is InChI=1S/C10H21O3P.2Na.2H/c1-2-3-4-5-6-7-8-9-10-13-14(11)12;;;;/h2-10H2,1H3;;;;/q;2*+1;2*-1/p+1. The van der Waals surface area contributed by atoms with Gasteiger partial charge in [-0.1, -0.05) is 51.9 Å². The quantitative estimate of drug-likeness (QED) is 0.284. The molecule has 88 valence electrons. The summed E-state index contributed by atoms with van der Waals surface area (Å²) in [5.74, 6) is 0. The summed E-state index contributed by atoms with van der Waals surface area (Å²) in [6, 6.07) is 0. The molecule has 0 amide bonds. The molecule has 0 fully saturated rings. The molecule has 0 spiro atoms. The van der Waals surface area contributed by atoms with Crippen molar-refractivity contribution in [2.45, 2.75) is 58.3 Å². The smallest absolute Gasteiger partial charge is 1.00 e. The molecule has 0 bridgehead atoms. The van der Waals surface area contributed by atoms with E-state index >= 15 is 0 Å². The average Bonchev–Trinajstić information content (AvgIpc) is 2.15. The van der Waals surface area contributed by atoms with Gasteiger partial charge in [-0.05, 0) is 6.42 Å². The second-order valence-corrected chi connectivity index (χ2v) is 4.28.